The van der Waals surface area contributed by atoms with E-state index in [-0.39, 0.29) is 64.6 Å². The van der Waals surface area contributed by atoms with Gasteiger partial charge >= 0.3 is 17.9 Å². The molecule has 1 rings (SSSR count). The number of carbonyl (C=O) groups excluding carboxylic acids is 1. The van der Waals surface area contributed by atoms with Gasteiger partial charge in [0.25, 0.3) is 0 Å². The summed E-state index contributed by atoms with van der Waals surface area (Å²) in [6.07, 6.45) is 0.116. The third kappa shape index (κ3) is 7.88. The van der Waals surface area contributed by atoms with Crippen LogP contribution in [0.3, 0.4) is 0 Å². The predicted octanol–water partition coefficient (Wildman–Crippen LogP) is -1.12. The van der Waals surface area contributed by atoms with Crippen LogP contribution in [-0.4, -0.2) is 106 Å². The van der Waals surface area contributed by atoms with Gasteiger partial charge in [0.15, 0.2) is 0 Å². The van der Waals surface area contributed by atoms with Crippen LogP contribution in [0, 0.1) is 0 Å². The van der Waals surface area contributed by atoms with Crippen LogP contribution < -0.4 is 10.6 Å². The fourth-order valence-corrected chi connectivity index (χ4v) is 3.50. The molecule has 171 valence electrons. The van der Waals surface area contributed by atoms with E-state index in [0.29, 0.717) is 0 Å². The monoisotopic (exact) mass is 469 g/mol. The first kappa shape index (κ1) is 26.4. The van der Waals surface area contributed by atoms with Gasteiger partial charge in [-0.25, -0.2) is 0 Å². The number of carboxylic acids is 3. The second-order valence-electron chi connectivity index (χ2n) is 7.55. The van der Waals surface area contributed by atoms with Gasteiger partial charge in [0, 0.05) is 65.1 Å². The fourth-order valence-electron chi connectivity index (χ4n) is 3.50. The van der Waals surface area contributed by atoms with Crippen molar-refractivity contribution >= 4 is 23.8 Å². The predicted molar refractivity (Wildman–Crippen MR) is 104 cm³/mol. The quantitative estimate of drug-likeness (QED) is 0.265. The Labute approximate surface area is 189 Å². The van der Waals surface area contributed by atoms with Gasteiger partial charge < -0.3 is 20.6 Å². The molecule has 0 spiro atoms. The summed E-state index contributed by atoms with van der Waals surface area (Å²) in [5.41, 5.74) is -1.05. The molecule has 0 saturated carbocycles. The third-order valence-corrected chi connectivity index (χ3v) is 5.42. The van der Waals surface area contributed by atoms with Gasteiger partial charge in [-0.15, -0.1) is 0 Å². The van der Waals surface area contributed by atoms with Crippen LogP contribution in [0.15, 0.2) is 0 Å². The van der Waals surface area contributed by atoms with E-state index in [1.807, 2.05) is 0 Å². The van der Waals surface area contributed by atoms with Crippen molar-refractivity contribution in [3.63, 3.8) is 0 Å². The molecule has 3 unspecified atom stereocenters. The number of hydrogen-bond donors (Lipinski definition) is 5. The normalized spacial score (nSPS) is 23.8. The molecule has 30 heavy (non-hydrogen) atoms. The van der Waals surface area contributed by atoms with Crippen LogP contribution in [0.2, 0.25) is 0 Å². The molecule has 0 aromatic rings. The largest absolute Gasteiger partial charge is 0.480 e. The van der Waals surface area contributed by atoms with E-state index in [0.717, 1.165) is 0 Å². The van der Waals surface area contributed by atoms with Crippen LogP contribution in [0.25, 0.3) is 0 Å². The first-order chi connectivity index (χ1) is 13.9. The SMILES string of the molecule is [3H]CNC(=O)CCC1(NC(C)C(=O)O)CN(C(C)C(=O)O)CCN(C(C)C(=O)O)C1.[V]. The van der Waals surface area contributed by atoms with E-state index < -0.39 is 47.5 Å². The van der Waals surface area contributed by atoms with Gasteiger partial charge in [0.1, 0.15) is 18.1 Å². The van der Waals surface area contributed by atoms with Crippen molar-refractivity contribution in [2.75, 3.05) is 33.2 Å². The third-order valence-electron chi connectivity index (χ3n) is 5.42. The minimum absolute atomic E-state index is 0. The molecule has 5 N–H and O–H groups in total. The van der Waals surface area contributed by atoms with E-state index in [1.165, 1.54) is 20.8 Å². The zero-order chi connectivity index (χ0) is 23.1. The topological polar surface area (TPSA) is 160 Å². The molecular weight excluding hydrogens is 435 g/mol. The van der Waals surface area contributed by atoms with E-state index in [2.05, 4.69) is 10.6 Å². The zero-order valence-electron chi connectivity index (χ0n) is 18.5. The van der Waals surface area contributed by atoms with E-state index in [4.69, 9.17) is 1.37 Å². The standard InChI is InChI=1S/C18H32N4O7.V/c1-11(15(24)25)20-18(6-5-14(23)19-4)9-21(12(2)16(26)27)7-8-22(10-18)13(3)17(28)29;/h11-13,20H,5-10H2,1-4H3,(H,19,23)(H,24,25)(H,26,27)(H,28,29);/i4T;. The first-order valence-electron chi connectivity index (χ1n) is 10.1. The molecule has 0 aromatic carbocycles. The van der Waals surface area contributed by atoms with Gasteiger partial charge in [-0.3, -0.25) is 34.3 Å². The van der Waals surface area contributed by atoms with Crippen molar-refractivity contribution < 1.29 is 54.4 Å². The molecule has 1 amide bonds. The Hall–Kier alpha value is -1.66. The molecule has 1 fully saturated rings. The number of amides is 1. The number of nitrogens with zero attached hydrogens (tertiary/aromatic N) is 2. The van der Waals surface area contributed by atoms with Crippen LogP contribution in [0.5, 0.6) is 0 Å². The summed E-state index contributed by atoms with van der Waals surface area (Å²) < 4.78 is 7.11. The summed E-state index contributed by atoms with van der Waals surface area (Å²) in [6.45, 7) is 5.25. The van der Waals surface area contributed by atoms with E-state index >= 15 is 0 Å². The Kier molecular flexibility index (Phi) is 10.8. The van der Waals surface area contributed by atoms with Crippen molar-refractivity contribution in [2.24, 2.45) is 0 Å². The van der Waals surface area contributed by atoms with Crippen LogP contribution in [-0.2, 0) is 37.7 Å². The summed E-state index contributed by atoms with van der Waals surface area (Å²) in [4.78, 5) is 50.0. The van der Waals surface area contributed by atoms with Crippen molar-refractivity contribution in [1.29, 1.82) is 0 Å². The molecule has 1 heterocycles. The minimum atomic E-state index is -1.12. The fraction of sp³-hybridized carbons (Fsp3) is 0.778. The summed E-state index contributed by atoms with van der Waals surface area (Å²) in [7, 11) is -0.296. The average molecular weight is 469 g/mol. The minimum Gasteiger partial charge on any atom is -0.480 e. The van der Waals surface area contributed by atoms with Crippen molar-refractivity contribution in [1.82, 2.24) is 20.4 Å². The summed E-state index contributed by atoms with van der Waals surface area (Å²) in [6, 6.07) is -2.77. The molecule has 1 saturated heterocycles. The average Bonchev–Trinajstić information content (AvgIpc) is 2.85. The zero-order valence-corrected chi connectivity index (χ0v) is 18.9. The summed E-state index contributed by atoms with van der Waals surface area (Å²) in [5.74, 6) is -3.62. The maximum atomic E-state index is 12.0. The van der Waals surface area contributed by atoms with Gasteiger partial charge in [-0.1, -0.05) is 0 Å². The second-order valence-corrected chi connectivity index (χ2v) is 7.55. The van der Waals surface area contributed by atoms with Crippen molar-refractivity contribution in [3.8, 4) is 0 Å². The first-order valence-corrected chi connectivity index (χ1v) is 9.42. The Morgan fingerprint density at radius 2 is 1.43 bits per heavy atom. The molecule has 0 aliphatic carbocycles. The molecule has 1 radical (unpaired) electrons. The van der Waals surface area contributed by atoms with Crippen LogP contribution in [0.4, 0.5) is 0 Å². The van der Waals surface area contributed by atoms with E-state index in [9.17, 15) is 34.5 Å². The van der Waals surface area contributed by atoms with Crippen molar-refractivity contribution in [2.45, 2.75) is 57.3 Å². The molecule has 0 bridgehead atoms. The smallest absolute Gasteiger partial charge is 0.320 e. The number of hydrogen-bond acceptors (Lipinski definition) is 7. The Morgan fingerprint density at radius 1 is 0.967 bits per heavy atom. The number of nitrogens with one attached hydrogen (secondary N) is 2. The Bertz CT molecular complexity index is 624. The van der Waals surface area contributed by atoms with Crippen LogP contribution in [0.1, 0.15) is 35.0 Å². The van der Waals surface area contributed by atoms with Crippen molar-refractivity contribution in [3.05, 3.63) is 0 Å². The maximum absolute atomic E-state index is 12.0. The van der Waals surface area contributed by atoms with Gasteiger partial charge in [0.05, 0.1) is 0 Å². The Morgan fingerprint density at radius 3 is 1.80 bits per heavy atom. The maximum Gasteiger partial charge on any atom is 0.320 e. The molecule has 1 aliphatic rings. The molecular formula is C18H32N4O7V. The van der Waals surface area contributed by atoms with Gasteiger partial charge in [0.2, 0.25) is 5.91 Å². The molecule has 0 aromatic heterocycles. The number of aliphatic carboxylic acids is 3. The molecule has 11 nitrogen and oxygen atoms in total. The molecule has 3 atom stereocenters. The number of rotatable bonds is 10. The second kappa shape index (κ2) is 12.3. The number of carbonyl (C=O) groups is 4. The summed E-state index contributed by atoms with van der Waals surface area (Å²) in [5, 5.41) is 33.7. The van der Waals surface area contributed by atoms with Gasteiger partial charge in [-0.2, -0.15) is 0 Å². The van der Waals surface area contributed by atoms with Gasteiger partial charge in [-0.05, 0) is 27.2 Å². The Balaban J connectivity index is 0.00000900. The molecule has 1 aliphatic heterocycles. The van der Waals surface area contributed by atoms with Crippen LogP contribution >= 0.6 is 0 Å². The number of carboxylic acid groups (broad SMARTS) is 3. The van der Waals surface area contributed by atoms with E-state index in [1.54, 1.807) is 9.80 Å². The summed E-state index contributed by atoms with van der Waals surface area (Å²) >= 11 is 0. The molecule has 12 heteroatoms.